The third-order valence-electron chi connectivity index (χ3n) is 4.77. The Balaban J connectivity index is 1.71. The van der Waals surface area contributed by atoms with Crippen molar-refractivity contribution in [1.82, 2.24) is 10.5 Å². The number of nitrogens with zero attached hydrogens (tertiary/aromatic N) is 1. The second kappa shape index (κ2) is 8.94. The minimum absolute atomic E-state index is 0.246. The molecule has 0 aliphatic carbocycles. The van der Waals surface area contributed by atoms with Crippen LogP contribution in [0, 0.1) is 25.5 Å². The Bertz CT molecular complexity index is 1050. The molecule has 0 aliphatic rings. The second-order valence-corrected chi connectivity index (χ2v) is 6.83. The van der Waals surface area contributed by atoms with E-state index in [1.54, 1.807) is 32.0 Å². The molecule has 0 saturated heterocycles. The van der Waals surface area contributed by atoms with Gasteiger partial charge in [0.05, 0.1) is 24.4 Å². The first-order valence-electron chi connectivity index (χ1n) is 9.28. The van der Waals surface area contributed by atoms with Crippen molar-refractivity contribution in [3.63, 3.8) is 0 Å². The molecule has 30 heavy (non-hydrogen) atoms. The number of aromatic nitrogens is 1. The van der Waals surface area contributed by atoms with Crippen molar-refractivity contribution in [1.29, 1.82) is 0 Å². The lowest BCUT2D eigenvalue weighted by Crippen LogP contribution is -2.26. The Kier molecular flexibility index (Phi) is 6.34. The number of nitrogens with one attached hydrogen (secondary N) is 1. The molecule has 158 valence electrons. The highest BCUT2D eigenvalue weighted by molar-refractivity contribution is 5.95. The van der Waals surface area contributed by atoms with Gasteiger partial charge in [0.25, 0.3) is 5.91 Å². The molecule has 1 unspecified atom stereocenters. The minimum atomic E-state index is -0.963. The molecule has 1 amide bonds. The van der Waals surface area contributed by atoms with Crippen molar-refractivity contribution in [3.8, 4) is 11.5 Å². The average molecular weight is 416 g/mol. The summed E-state index contributed by atoms with van der Waals surface area (Å²) >= 11 is 0. The van der Waals surface area contributed by atoms with E-state index >= 15 is 0 Å². The third-order valence-corrected chi connectivity index (χ3v) is 4.77. The fourth-order valence-corrected chi connectivity index (χ4v) is 2.93. The second-order valence-electron chi connectivity index (χ2n) is 6.83. The number of hydrogen-bond acceptors (Lipinski definition) is 5. The van der Waals surface area contributed by atoms with E-state index in [1.807, 2.05) is 6.92 Å². The first-order valence-corrected chi connectivity index (χ1v) is 9.28. The summed E-state index contributed by atoms with van der Waals surface area (Å²) < 4.78 is 42.8. The number of rotatable bonds is 7. The fraction of sp³-hybridized carbons (Fsp3) is 0.273. The van der Waals surface area contributed by atoms with Crippen LogP contribution in [0.3, 0.4) is 0 Å². The van der Waals surface area contributed by atoms with Crippen molar-refractivity contribution in [2.75, 3.05) is 7.11 Å². The van der Waals surface area contributed by atoms with E-state index in [2.05, 4.69) is 10.5 Å². The molecule has 3 aromatic rings. The van der Waals surface area contributed by atoms with Crippen LogP contribution in [0.4, 0.5) is 8.78 Å². The summed E-state index contributed by atoms with van der Waals surface area (Å²) in [7, 11) is 1.48. The predicted octanol–water partition coefficient (Wildman–Crippen LogP) is 4.65. The Hall–Kier alpha value is -3.42. The zero-order valence-electron chi connectivity index (χ0n) is 17.1. The van der Waals surface area contributed by atoms with E-state index in [4.69, 9.17) is 14.0 Å². The molecule has 3 rings (SSSR count). The standard InChI is InChI=1S/C22H22F2N2O4/c1-12(15-5-7-18(23)19(24)9-15)25-22(27)16-6-8-20(21(10-16)28-4)29-11-17-13(2)26-30-14(17)3/h5-10,12H,11H2,1-4H3,(H,25,27). The average Bonchev–Trinajstić information content (AvgIpc) is 3.05. The van der Waals surface area contributed by atoms with Crippen molar-refractivity contribution < 1.29 is 27.6 Å². The third kappa shape index (κ3) is 4.59. The zero-order valence-corrected chi connectivity index (χ0v) is 17.1. The molecule has 0 aliphatic heterocycles. The van der Waals surface area contributed by atoms with Crippen LogP contribution < -0.4 is 14.8 Å². The monoisotopic (exact) mass is 416 g/mol. The van der Waals surface area contributed by atoms with Crippen LogP contribution in [0.5, 0.6) is 11.5 Å². The fourth-order valence-electron chi connectivity index (χ4n) is 2.93. The van der Waals surface area contributed by atoms with Gasteiger partial charge in [0, 0.05) is 5.56 Å². The minimum Gasteiger partial charge on any atom is -0.493 e. The van der Waals surface area contributed by atoms with Crippen LogP contribution in [0.25, 0.3) is 0 Å². The van der Waals surface area contributed by atoms with Crippen molar-refractivity contribution >= 4 is 5.91 Å². The summed E-state index contributed by atoms with van der Waals surface area (Å²) in [6.45, 7) is 5.56. The van der Waals surface area contributed by atoms with E-state index < -0.39 is 17.7 Å². The zero-order chi connectivity index (χ0) is 21.8. The van der Waals surface area contributed by atoms with Gasteiger partial charge < -0.3 is 19.3 Å². The van der Waals surface area contributed by atoms with Crippen LogP contribution >= 0.6 is 0 Å². The summed E-state index contributed by atoms with van der Waals surface area (Å²) in [6, 6.07) is 7.78. The van der Waals surface area contributed by atoms with Gasteiger partial charge in [-0.1, -0.05) is 11.2 Å². The Morgan fingerprint density at radius 3 is 2.53 bits per heavy atom. The molecule has 0 bridgehead atoms. The maximum atomic E-state index is 13.4. The topological polar surface area (TPSA) is 73.6 Å². The normalized spacial score (nSPS) is 11.8. The van der Waals surface area contributed by atoms with E-state index in [-0.39, 0.29) is 12.5 Å². The Morgan fingerprint density at radius 2 is 1.90 bits per heavy atom. The first kappa shape index (κ1) is 21.3. The van der Waals surface area contributed by atoms with Gasteiger partial charge in [0.15, 0.2) is 23.1 Å². The molecule has 2 aromatic carbocycles. The predicted molar refractivity (Wildman–Crippen MR) is 106 cm³/mol. The number of hydrogen-bond donors (Lipinski definition) is 1. The molecule has 6 nitrogen and oxygen atoms in total. The molecular formula is C22H22F2N2O4. The lowest BCUT2D eigenvalue weighted by Gasteiger charge is -2.16. The summed E-state index contributed by atoms with van der Waals surface area (Å²) in [6.07, 6.45) is 0. The molecule has 0 saturated carbocycles. The summed E-state index contributed by atoms with van der Waals surface area (Å²) in [4.78, 5) is 12.6. The van der Waals surface area contributed by atoms with Gasteiger partial charge >= 0.3 is 0 Å². The molecule has 1 heterocycles. The van der Waals surface area contributed by atoms with Crippen LogP contribution in [0.2, 0.25) is 0 Å². The SMILES string of the molecule is COc1cc(C(=O)NC(C)c2ccc(F)c(F)c2)ccc1OCc1c(C)noc1C. The van der Waals surface area contributed by atoms with Gasteiger partial charge in [-0.2, -0.15) is 0 Å². The molecule has 1 N–H and O–H groups in total. The number of halogens is 2. The van der Waals surface area contributed by atoms with Crippen LogP contribution in [-0.4, -0.2) is 18.2 Å². The van der Waals surface area contributed by atoms with Crippen molar-refractivity contribution in [2.45, 2.75) is 33.4 Å². The Morgan fingerprint density at radius 1 is 1.13 bits per heavy atom. The number of ether oxygens (including phenoxy) is 2. The van der Waals surface area contributed by atoms with E-state index in [0.717, 1.165) is 23.4 Å². The number of methoxy groups -OCH3 is 1. The number of carbonyl (C=O) groups is 1. The maximum absolute atomic E-state index is 13.4. The van der Waals surface area contributed by atoms with Crippen LogP contribution in [0.1, 0.15) is 45.9 Å². The number of aryl methyl sites for hydroxylation is 2. The Labute approximate surface area is 172 Å². The molecule has 0 radical (unpaired) electrons. The molecule has 1 atom stereocenters. The molecule has 0 spiro atoms. The van der Waals surface area contributed by atoms with Gasteiger partial charge in [-0.3, -0.25) is 4.79 Å². The summed E-state index contributed by atoms with van der Waals surface area (Å²) in [5.74, 6) is -0.765. The van der Waals surface area contributed by atoms with Gasteiger partial charge in [-0.25, -0.2) is 8.78 Å². The quantitative estimate of drug-likeness (QED) is 0.607. The smallest absolute Gasteiger partial charge is 0.251 e. The number of benzene rings is 2. The first-order chi connectivity index (χ1) is 14.3. The maximum Gasteiger partial charge on any atom is 0.251 e. The number of amides is 1. The lowest BCUT2D eigenvalue weighted by atomic mass is 10.1. The molecule has 8 heteroatoms. The highest BCUT2D eigenvalue weighted by Crippen LogP contribution is 2.30. The molecular weight excluding hydrogens is 394 g/mol. The highest BCUT2D eigenvalue weighted by Gasteiger charge is 2.17. The van der Waals surface area contributed by atoms with Crippen LogP contribution in [-0.2, 0) is 6.61 Å². The van der Waals surface area contributed by atoms with E-state index in [1.165, 1.54) is 13.2 Å². The van der Waals surface area contributed by atoms with Crippen molar-refractivity contribution in [3.05, 3.63) is 76.2 Å². The van der Waals surface area contributed by atoms with Gasteiger partial charge in [0.2, 0.25) is 0 Å². The summed E-state index contributed by atoms with van der Waals surface area (Å²) in [5, 5.41) is 6.64. The largest absolute Gasteiger partial charge is 0.493 e. The van der Waals surface area contributed by atoms with Crippen LogP contribution in [0.15, 0.2) is 40.9 Å². The molecule has 0 fully saturated rings. The van der Waals surface area contributed by atoms with Crippen molar-refractivity contribution in [2.24, 2.45) is 0 Å². The van der Waals surface area contributed by atoms with Gasteiger partial charge in [-0.15, -0.1) is 0 Å². The lowest BCUT2D eigenvalue weighted by molar-refractivity contribution is 0.0939. The van der Waals surface area contributed by atoms with Gasteiger partial charge in [0.1, 0.15) is 12.4 Å². The number of carbonyl (C=O) groups excluding carboxylic acids is 1. The van der Waals surface area contributed by atoms with Gasteiger partial charge in [-0.05, 0) is 56.7 Å². The summed E-state index contributed by atoms with van der Waals surface area (Å²) in [5.41, 5.74) is 2.38. The highest BCUT2D eigenvalue weighted by atomic mass is 19.2. The van der Waals surface area contributed by atoms with E-state index in [0.29, 0.717) is 28.4 Å². The molecule has 1 aromatic heterocycles. The van der Waals surface area contributed by atoms with E-state index in [9.17, 15) is 13.6 Å².